The molecule has 0 spiro atoms. The van der Waals surface area contributed by atoms with Gasteiger partial charge in [-0.1, -0.05) is 31.0 Å². The highest BCUT2D eigenvalue weighted by molar-refractivity contribution is 5.87. The molecule has 3 amide bonds. The van der Waals surface area contributed by atoms with Crippen LogP contribution in [-0.4, -0.2) is 61.4 Å². The van der Waals surface area contributed by atoms with Gasteiger partial charge >= 0.3 is 0 Å². The summed E-state index contributed by atoms with van der Waals surface area (Å²) in [6, 6.07) is 9.81. The molecule has 1 aromatic rings. The van der Waals surface area contributed by atoms with Crippen LogP contribution in [0.5, 0.6) is 0 Å². The lowest BCUT2D eigenvalue weighted by Gasteiger charge is -2.36. The van der Waals surface area contributed by atoms with Crippen molar-refractivity contribution in [2.45, 2.75) is 51.5 Å². The fraction of sp³-hybridized carbons (Fsp3) is 0.609. The van der Waals surface area contributed by atoms with Crippen LogP contribution in [-0.2, 0) is 14.4 Å². The molecule has 1 atom stereocenters. The van der Waals surface area contributed by atoms with E-state index in [4.69, 9.17) is 0 Å². The second-order valence-corrected chi connectivity index (χ2v) is 8.32. The van der Waals surface area contributed by atoms with E-state index in [-0.39, 0.29) is 23.6 Å². The molecule has 164 valence electrons. The van der Waals surface area contributed by atoms with Crippen molar-refractivity contribution >= 4 is 23.4 Å². The number of carbonyl (C=O) groups excluding carboxylic acids is 3. The summed E-state index contributed by atoms with van der Waals surface area (Å²) in [6.45, 7) is 5.04. The van der Waals surface area contributed by atoms with E-state index in [1.165, 1.54) is 12.6 Å². The van der Waals surface area contributed by atoms with E-state index >= 15 is 0 Å². The molecule has 7 nitrogen and oxygen atoms in total. The Balaban J connectivity index is 1.36. The molecule has 2 aliphatic rings. The molecule has 1 aliphatic heterocycles. The van der Waals surface area contributed by atoms with Crippen LogP contribution in [0.15, 0.2) is 30.3 Å². The number of carbonyl (C=O) groups is 3. The van der Waals surface area contributed by atoms with Crippen molar-refractivity contribution in [2.24, 2.45) is 5.92 Å². The van der Waals surface area contributed by atoms with Gasteiger partial charge in [0, 0.05) is 51.8 Å². The molecule has 1 saturated carbocycles. The molecular formula is C23H34N4O3. The first-order chi connectivity index (χ1) is 14.5. The van der Waals surface area contributed by atoms with Crippen LogP contribution < -0.4 is 15.5 Å². The van der Waals surface area contributed by atoms with Gasteiger partial charge in [0.1, 0.15) is 6.04 Å². The molecule has 7 heteroatoms. The molecule has 1 aliphatic carbocycles. The van der Waals surface area contributed by atoms with E-state index in [9.17, 15) is 14.4 Å². The maximum Gasteiger partial charge on any atom is 0.242 e. The monoisotopic (exact) mass is 414 g/mol. The van der Waals surface area contributed by atoms with Crippen molar-refractivity contribution in [1.29, 1.82) is 0 Å². The van der Waals surface area contributed by atoms with Crippen molar-refractivity contribution in [3.05, 3.63) is 30.3 Å². The van der Waals surface area contributed by atoms with Crippen molar-refractivity contribution in [1.82, 2.24) is 15.5 Å². The van der Waals surface area contributed by atoms with E-state index in [0.717, 1.165) is 51.9 Å². The van der Waals surface area contributed by atoms with Gasteiger partial charge < -0.3 is 20.4 Å². The second kappa shape index (κ2) is 11.0. The molecule has 30 heavy (non-hydrogen) atoms. The summed E-state index contributed by atoms with van der Waals surface area (Å²) >= 11 is 0. The molecule has 2 N–H and O–H groups in total. The van der Waals surface area contributed by atoms with Crippen molar-refractivity contribution in [3.63, 3.8) is 0 Å². The minimum Gasteiger partial charge on any atom is -0.368 e. The summed E-state index contributed by atoms with van der Waals surface area (Å²) in [6.07, 6.45) is 5.22. The van der Waals surface area contributed by atoms with Crippen molar-refractivity contribution in [3.8, 4) is 0 Å². The molecule has 2 fully saturated rings. The highest BCUT2D eigenvalue weighted by Gasteiger charge is 2.31. The largest absolute Gasteiger partial charge is 0.368 e. The van der Waals surface area contributed by atoms with Gasteiger partial charge in [-0.3, -0.25) is 14.4 Å². The van der Waals surface area contributed by atoms with Crippen LogP contribution in [0.4, 0.5) is 5.69 Å². The highest BCUT2D eigenvalue weighted by atomic mass is 16.2. The minimum absolute atomic E-state index is 0.124. The summed E-state index contributed by atoms with van der Waals surface area (Å²) < 4.78 is 0. The zero-order chi connectivity index (χ0) is 21.3. The van der Waals surface area contributed by atoms with Gasteiger partial charge in [-0.25, -0.2) is 0 Å². The van der Waals surface area contributed by atoms with Gasteiger partial charge in [0.15, 0.2) is 0 Å². The number of amides is 3. The Morgan fingerprint density at radius 3 is 2.33 bits per heavy atom. The van der Waals surface area contributed by atoms with Crippen LogP contribution in [0.2, 0.25) is 0 Å². The minimum atomic E-state index is -0.452. The van der Waals surface area contributed by atoms with Crippen LogP contribution in [0.25, 0.3) is 0 Å². The number of hydrogen-bond acceptors (Lipinski definition) is 4. The van der Waals surface area contributed by atoms with Crippen molar-refractivity contribution < 1.29 is 14.4 Å². The third kappa shape index (κ3) is 6.21. The number of hydrogen-bond donors (Lipinski definition) is 2. The smallest absolute Gasteiger partial charge is 0.242 e. The van der Waals surface area contributed by atoms with Crippen molar-refractivity contribution in [2.75, 3.05) is 37.6 Å². The van der Waals surface area contributed by atoms with Crippen LogP contribution in [0.3, 0.4) is 0 Å². The quantitative estimate of drug-likeness (QED) is 0.637. The molecule has 0 bridgehead atoms. The Labute approximate surface area is 179 Å². The van der Waals surface area contributed by atoms with E-state index in [0.29, 0.717) is 19.4 Å². The van der Waals surface area contributed by atoms with Crippen LogP contribution >= 0.6 is 0 Å². The van der Waals surface area contributed by atoms with Gasteiger partial charge in [-0.2, -0.15) is 0 Å². The van der Waals surface area contributed by atoms with Crippen LogP contribution in [0.1, 0.15) is 45.4 Å². The average molecular weight is 415 g/mol. The summed E-state index contributed by atoms with van der Waals surface area (Å²) in [5.41, 5.74) is 1.20. The number of benzene rings is 1. The Hall–Kier alpha value is -2.57. The standard InChI is InChI=1S/C23H34N4O3/c1-18(28)25-22(19-8-5-6-9-19)23(30)24-13-7-12-21(29)27-16-14-26(15-17-27)20-10-3-2-4-11-20/h2-4,10-11,19,22H,5-9,12-17H2,1H3,(H,24,30)(H,25,28). The van der Waals surface area contributed by atoms with E-state index in [1.54, 1.807) is 0 Å². The zero-order valence-corrected chi connectivity index (χ0v) is 17.9. The maximum absolute atomic E-state index is 12.6. The van der Waals surface area contributed by atoms with Gasteiger partial charge in [0.2, 0.25) is 17.7 Å². The fourth-order valence-electron chi connectivity index (χ4n) is 4.48. The first-order valence-electron chi connectivity index (χ1n) is 11.2. The van der Waals surface area contributed by atoms with E-state index < -0.39 is 6.04 Å². The Morgan fingerprint density at radius 2 is 1.70 bits per heavy atom. The lowest BCUT2D eigenvalue weighted by atomic mass is 9.97. The molecule has 1 aromatic carbocycles. The number of nitrogens with zero attached hydrogens (tertiary/aromatic N) is 2. The molecular weight excluding hydrogens is 380 g/mol. The number of rotatable bonds is 8. The number of para-hydroxylation sites is 1. The highest BCUT2D eigenvalue weighted by Crippen LogP contribution is 2.28. The predicted molar refractivity (Wildman–Crippen MR) is 117 cm³/mol. The summed E-state index contributed by atoms with van der Waals surface area (Å²) in [5.74, 6) is 0.0653. The lowest BCUT2D eigenvalue weighted by Crippen LogP contribution is -2.50. The average Bonchev–Trinajstić information content (AvgIpc) is 3.30. The normalized spacial score (nSPS) is 18.2. The molecule has 1 unspecified atom stereocenters. The van der Waals surface area contributed by atoms with Gasteiger partial charge in [-0.15, -0.1) is 0 Å². The van der Waals surface area contributed by atoms with Gasteiger partial charge in [-0.05, 0) is 37.3 Å². The summed E-state index contributed by atoms with van der Waals surface area (Å²) in [7, 11) is 0. The molecule has 1 heterocycles. The Kier molecular flexibility index (Phi) is 8.11. The first kappa shape index (κ1) is 22.1. The third-order valence-electron chi connectivity index (χ3n) is 6.13. The Morgan fingerprint density at radius 1 is 1.03 bits per heavy atom. The van der Waals surface area contributed by atoms with Gasteiger partial charge in [0.25, 0.3) is 0 Å². The summed E-state index contributed by atoms with van der Waals surface area (Å²) in [4.78, 5) is 40.8. The zero-order valence-electron chi connectivity index (χ0n) is 17.9. The maximum atomic E-state index is 12.6. The predicted octanol–water partition coefficient (Wildman–Crippen LogP) is 1.93. The number of piperazine rings is 1. The lowest BCUT2D eigenvalue weighted by molar-refractivity contribution is -0.132. The van der Waals surface area contributed by atoms with E-state index in [2.05, 4.69) is 27.7 Å². The fourth-order valence-corrected chi connectivity index (χ4v) is 4.48. The van der Waals surface area contributed by atoms with E-state index in [1.807, 2.05) is 23.1 Å². The molecule has 0 aromatic heterocycles. The first-order valence-corrected chi connectivity index (χ1v) is 11.2. The SMILES string of the molecule is CC(=O)NC(C(=O)NCCCC(=O)N1CCN(c2ccccc2)CC1)C1CCCC1. The van der Waals surface area contributed by atoms with Crippen LogP contribution in [0, 0.1) is 5.92 Å². The number of nitrogens with one attached hydrogen (secondary N) is 2. The Bertz CT molecular complexity index is 710. The number of anilines is 1. The molecule has 1 saturated heterocycles. The second-order valence-electron chi connectivity index (χ2n) is 8.32. The van der Waals surface area contributed by atoms with Gasteiger partial charge in [0.05, 0.1) is 0 Å². The topological polar surface area (TPSA) is 81.8 Å². The molecule has 3 rings (SSSR count). The molecule has 0 radical (unpaired) electrons. The summed E-state index contributed by atoms with van der Waals surface area (Å²) in [5, 5.41) is 5.73. The third-order valence-corrected chi connectivity index (χ3v) is 6.13.